The van der Waals surface area contributed by atoms with Crippen LogP contribution in [0.4, 0.5) is 11.6 Å². The number of amides is 1. The van der Waals surface area contributed by atoms with Gasteiger partial charge in [-0.2, -0.15) is 0 Å². The SMILES string of the molecule is CNc1cc(NCCNC(=O)C2CC2)nc(C(C)(C)C)n1. The zero-order valence-electron chi connectivity index (χ0n) is 13.3. The molecule has 1 aliphatic carbocycles. The largest absolute Gasteiger partial charge is 0.373 e. The summed E-state index contributed by atoms with van der Waals surface area (Å²) in [5.74, 6) is 2.79. The third-order valence-electron chi connectivity index (χ3n) is 3.33. The van der Waals surface area contributed by atoms with Gasteiger partial charge >= 0.3 is 0 Å². The molecule has 1 heterocycles. The Bertz CT molecular complexity index is 505. The first-order valence-electron chi connectivity index (χ1n) is 7.49. The van der Waals surface area contributed by atoms with Crippen LogP contribution in [0, 0.1) is 5.92 Å². The molecule has 6 nitrogen and oxygen atoms in total. The average Bonchev–Trinajstić information content (AvgIpc) is 3.26. The Hall–Kier alpha value is -1.85. The highest BCUT2D eigenvalue weighted by Crippen LogP contribution is 2.28. The summed E-state index contributed by atoms with van der Waals surface area (Å²) in [4.78, 5) is 20.5. The number of hydrogen-bond acceptors (Lipinski definition) is 5. The van der Waals surface area contributed by atoms with Gasteiger partial charge in [0.25, 0.3) is 0 Å². The van der Waals surface area contributed by atoms with Crippen LogP contribution in [0.1, 0.15) is 39.4 Å². The van der Waals surface area contributed by atoms with Gasteiger partial charge in [0.05, 0.1) is 0 Å². The first kappa shape index (κ1) is 15.5. The van der Waals surface area contributed by atoms with E-state index in [-0.39, 0.29) is 17.2 Å². The molecule has 1 amide bonds. The molecule has 1 aliphatic rings. The molecule has 1 aromatic heterocycles. The number of anilines is 2. The van der Waals surface area contributed by atoms with E-state index in [1.54, 1.807) is 0 Å². The van der Waals surface area contributed by atoms with E-state index in [1.165, 1.54) is 0 Å². The summed E-state index contributed by atoms with van der Waals surface area (Å²) in [5.41, 5.74) is -0.108. The molecule has 6 heteroatoms. The molecule has 1 fully saturated rings. The maximum atomic E-state index is 11.5. The van der Waals surface area contributed by atoms with Crippen molar-refractivity contribution in [3.8, 4) is 0 Å². The molecule has 3 N–H and O–H groups in total. The minimum atomic E-state index is -0.108. The molecular weight excluding hydrogens is 266 g/mol. The maximum Gasteiger partial charge on any atom is 0.223 e. The lowest BCUT2D eigenvalue weighted by Crippen LogP contribution is -2.30. The Morgan fingerprint density at radius 1 is 1.24 bits per heavy atom. The van der Waals surface area contributed by atoms with E-state index in [0.717, 1.165) is 30.3 Å². The van der Waals surface area contributed by atoms with Crippen LogP contribution < -0.4 is 16.0 Å². The second-order valence-corrected chi connectivity index (χ2v) is 6.45. The van der Waals surface area contributed by atoms with Crippen LogP contribution in [-0.4, -0.2) is 36.0 Å². The number of carbonyl (C=O) groups excluding carboxylic acids is 1. The number of nitrogens with zero attached hydrogens (tertiary/aromatic N) is 2. The van der Waals surface area contributed by atoms with Gasteiger partial charge in [-0.05, 0) is 12.8 Å². The lowest BCUT2D eigenvalue weighted by molar-refractivity contribution is -0.122. The zero-order valence-corrected chi connectivity index (χ0v) is 13.3. The smallest absolute Gasteiger partial charge is 0.223 e. The number of aromatic nitrogens is 2. The van der Waals surface area contributed by atoms with Crippen molar-refractivity contribution in [2.45, 2.75) is 39.0 Å². The highest BCUT2D eigenvalue weighted by Gasteiger charge is 2.29. The molecule has 0 aromatic carbocycles. The van der Waals surface area contributed by atoms with Gasteiger partial charge in [0, 0.05) is 37.5 Å². The number of nitrogens with one attached hydrogen (secondary N) is 3. The van der Waals surface area contributed by atoms with Gasteiger partial charge in [-0.25, -0.2) is 9.97 Å². The molecule has 0 unspecified atom stereocenters. The topological polar surface area (TPSA) is 78.9 Å². The summed E-state index contributed by atoms with van der Waals surface area (Å²) in [6.45, 7) is 7.52. The van der Waals surface area contributed by atoms with E-state index >= 15 is 0 Å². The van der Waals surface area contributed by atoms with Crippen LogP contribution in [0.5, 0.6) is 0 Å². The quantitative estimate of drug-likeness (QED) is 0.696. The van der Waals surface area contributed by atoms with Gasteiger partial charge < -0.3 is 16.0 Å². The fraction of sp³-hybridized carbons (Fsp3) is 0.667. The normalized spacial score (nSPS) is 14.7. The summed E-state index contributed by atoms with van der Waals surface area (Å²) in [6.07, 6.45) is 2.07. The van der Waals surface area contributed by atoms with Gasteiger partial charge in [-0.3, -0.25) is 4.79 Å². The third kappa shape index (κ3) is 4.58. The summed E-state index contributed by atoms with van der Waals surface area (Å²) >= 11 is 0. The molecule has 1 aromatic rings. The number of rotatable bonds is 6. The van der Waals surface area contributed by atoms with E-state index in [1.807, 2.05) is 13.1 Å². The second-order valence-electron chi connectivity index (χ2n) is 6.45. The van der Waals surface area contributed by atoms with Gasteiger partial charge in [-0.1, -0.05) is 20.8 Å². The molecule has 1 saturated carbocycles. The first-order valence-corrected chi connectivity index (χ1v) is 7.49. The lowest BCUT2D eigenvalue weighted by Gasteiger charge is -2.19. The van der Waals surface area contributed by atoms with Gasteiger partial charge in [0.15, 0.2) is 0 Å². The molecule has 0 saturated heterocycles. The highest BCUT2D eigenvalue weighted by molar-refractivity contribution is 5.80. The highest BCUT2D eigenvalue weighted by atomic mass is 16.2. The molecule has 116 valence electrons. The van der Waals surface area contributed by atoms with Crippen molar-refractivity contribution in [3.05, 3.63) is 11.9 Å². The molecule has 0 spiro atoms. The van der Waals surface area contributed by atoms with Crippen molar-refractivity contribution in [3.63, 3.8) is 0 Å². The van der Waals surface area contributed by atoms with Gasteiger partial charge in [-0.15, -0.1) is 0 Å². The minimum Gasteiger partial charge on any atom is -0.373 e. The van der Waals surface area contributed by atoms with Crippen molar-refractivity contribution in [1.82, 2.24) is 15.3 Å². The van der Waals surface area contributed by atoms with E-state index in [2.05, 4.69) is 46.7 Å². The van der Waals surface area contributed by atoms with Gasteiger partial charge in [0.1, 0.15) is 17.5 Å². The standard InChI is InChI=1S/C15H25N5O/c1-15(2,3)14-19-11(16-4)9-12(20-14)17-7-8-18-13(21)10-5-6-10/h9-10H,5-8H2,1-4H3,(H,18,21)(H2,16,17,19,20). The molecule has 2 rings (SSSR count). The van der Waals surface area contributed by atoms with Crippen LogP contribution in [0.2, 0.25) is 0 Å². The monoisotopic (exact) mass is 291 g/mol. The zero-order chi connectivity index (χ0) is 15.5. The van der Waals surface area contributed by atoms with Crippen LogP contribution in [0.25, 0.3) is 0 Å². The predicted molar refractivity (Wildman–Crippen MR) is 84.5 cm³/mol. The average molecular weight is 291 g/mol. The molecule has 0 aliphatic heterocycles. The maximum absolute atomic E-state index is 11.5. The summed E-state index contributed by atoms with van der Waals surface area (Å²) in [6, 6.07) is 1.87. The molecule has 0 radical (unpaired) electrons. The predicted octanol–water partition coefficient (Wildman–Crippen LogP) is 1.75. The Balaban J connectivity index is 1.90. The molecule has 0 atom stereocenters. The van der Waals surface area contributed by atoms with E-state index < -0.39 is 0 Å². The summed E-state index contributed by atoms with van der Waals surface area (Å²) < 4.78 is 0. The van der Waals surface area contributed by atoms with Gasteiger partial charge in [0.2, 0.25) is 5.91 Å². The van der Waals surface area contributed by atoms with Crippen molar-refractivity contribution in [2.24, 2.45) is 5.92 Å². The molecule has 21 heavy (non-hydrogen) atoms. The van der Waals surface area contributed by atoms with Crippen molar-refractivity contribution >= 4 is 17.5 Å². The lowest BCUT2D eigenvalue weighted by atomic mass is 9.96. The van der Waals surface area contributed by atoms with Crippen molar-refractivity contribution in [2.75, 3.05) is 30.8 Å². The van der Waals surface area contributed by atoms with Crippen LogP contribution >= 0.6 is 0 Å². The Labute approximate surface area is 126 Å². The van der Waals surface area contributed by atoms with E-state index in [4.69, 9.17) is 0 Å². The Morgan fingerprint density at radius 2 is 1.90 bits per heavy atom. The van der Waals surface area contributed by atoms with E-state index in [0.29, 0.717) is 13.1 Å². The van der Waals surface area contributed by atoms with E-state index in [9.17, 15) is 4.79 Å². The fourth-order valence-corrected chi connectivity index (χ4v) is 1.87. The second kappa shape index (κ2) is 6.28. The number of carbonyl (C=O) groups is 1. The fourth-order valence-electron chi connectivity index (χ4n) is 1.87. The van der Waals surface area contributed by atoms with Crippen LogP contribution in [-0.2, 0) is 10.2 Å². The molecule has 0 bridgehead atoms. The van der Waals surface area contributed by atoms with Crippen molar-refractivity contribution in [1.29, 1.82) is 0 Å². The van der Waals surface area contributed by atoms with Crippen LogP contribution in [0.3, 0.4) is 0 Å². The van der Waals surface area contributed by atoms with Crippen molar-refractivity contribution < 1.29 is 4.79 Å². The third-order valence-corrected chi connectivity index (χ3v) is 3.33. The minimum absolute atomic E-state index is 0.108. The summed E-state index contributed by atoms with van der Waals surface area (Å²) in [7, 11) is 1.84. The number of hydrogen-bond donors (Lipinski definition) is 3. The molecular formula is C15H25N5O. The van der Waals surface area contributed by atoms with Crippen LogP contribution in [0.15, 0.2) is 6.07 Å². The Morgan fingerprint density at radius 3 is 2.48 bits per heavy atom. The summed E-state index contributed by atoms with van der Waals surface area (Å²) in [5, 5.41) is 9.22. The first-order chi connectivity index (χ1) is 9.90. The Kier molecular flexibility index (Phi) is 4.65.